The molecule has 0 aliphatic carbocycles. The first-order valence-corrected chi connectivity index (χ1v) is 11.6. The van der Waals surface area contributed by atoms with Crippen LogP contribution in [0, 0.1) is 10.8 Å². The van der Waals surface area contributed by atoms with Crippen LogP contribution in [-0.4, -0.2) is 33.8 Å². The quantitative estimate of drug-likeness (QED) is 0.191. The Bertz CT molecular complexity index is 1440. The molecule has 2 aromatic carbocycles. The Morgan fingerprint density at radius 2 is 1.83 bits per heavy atom. The van der Waals surface area contributed by atoms with E-state index in [0.717, 1.165) is 17.3 Å². The summed E-state index contributed by atoms with van der Waals surface area (Å²) in [5.74, 6) is -0.547. The molecular weight excluding hydrogens is 462 g/mol. The van der Waals surface area contributed by atoms with Gasteiger partial charge in [0.1, 0.15) is 16.7 Å². The molecule has 0 bridgehead atoms. The molecule has 0 spiro atoms. The molecule has 0 aliphatic heterocycles. The third kappa shape index (κ3) is 4.56. The van der Waals surface area contributed by atoms with Crippen molar-refractivity contribution in [1.29, 1.82) is 10.8 Å². The first-order chi connectivity index (χ1) is 16.8. The van der Waals surface area contributed by atoms with Gasteiger partial charge in [-0.25, -0.2) is 4.98 Å². The second kappa shape index (κ2) is 9.90. The number of nitrogen functional groups attached to an aromatic ring is 1. The molecule has 0 radical (unpaired) electrons. The molecule has 2 heterocycles. The summed E-state index contributed by atoms with van der Waals surface area (Å²) in [6.07, 6.45) is 2.32. The summed E-state index contributed by atoms with van der Waals surface area (Å²) in [7, 11) is 1.73. The van der Waals surface area contributed by atoms with Gasteiger partial charge in [-0.2, -0.15) is 0 Å². The lowest BCUT2D eigenvalue weighted by Crippen LogP contribution is -2.27. The average Bonchev–Trinajstić information content (AvgIpc) is 3.39. The molecule has 0 saturated carbocycles. The summed E-state index contributed by atoms with van der Waals surface area (Å²) >= 11 is 1.34. The normalized spacial score (nSPS) is 11.7. The highest BCUT2D eigenvalue weighted by Crippen LogP contribution is 2.34. The largest absolute Gasteiger partial charge is 0.398 e. The number of carbonyl (C=O) groups excluding carboxylic acids is 2. The van der Waals surface area contributed by atoms with Gasteiger partial charge in [-0.05, 0) is 17.2 Å². The Kier molecular flexibility index (Phi) is 6.74. The van der Waals surface area contributed by atoms with Gasteiger partial charge < -0.3 is 31.8 Å². The van der Waals surface area contributed by atoms with Gasteiger partial charge >= 0.3 is 0 Å². The van der Waals surface area contributed by atoms with Gasteiger partial charge in [0.25, 0.3) is 5.91 Å². The third-order valence-electron chi connectivity index (χ3n) is 5.68. The Labute approximate surface area is 206 Å². The highest BCUT2D eigenvalue weighted by Gasteiger charge is 2.26. The fraction of sp³-hybridized carbons (Fsp3) is 0.160. The third-order valence-corrected chi connectivity index (χ3v) is 6.82. The van der Waals surface area contributed by atoms with E-state index >= 15 is 0 Å². The number of amides is 2. The molecule has 6 N–H and O–H groups in total. The lowest BCUT2D eigenvalue weighted by Gasteiger charge is -2.16. The van der Waals surface area contributed by atoms with Crippen LogP contribution in [0.1, 0.15) is 50.7 Å². The van der Waals surface area contributed by atoms with E-state index < -0.39 is 6.04 Å². The van der Waals surface area contributed by atoms with E-state index in [0.29, 0.717) is 37.9 Å². The number of thiazole rings is 1. The summed E-state index contributed by atoms with van der Waals surface area (Å²) in [4.78, 5) is 29.8. The van der Waals surface area contributed by atoms with Crippen molar-refractivity contribution in [3.05, 3.63) is 81.5 Å². The van der Waals surface area contributed by atoms with Crippen molar-refractivity contribution in [2.24, 2.45) is 7.05 Å². The van der Waals surface area contributed by atoms with Crippen LogP contribution >= 0.6 is 11.3 Å². The lowest BCUT2D eigenvalue weighted by molar-refractivity contribution is -0.119. The van der Waals surface area contributed by atoms with E-state index in [1.54, 1.807) is 29.8 Å². The van der Waals surface area contributed by atoms with Crippen LogP contribution in [0.3, 0.4) is 0 Å². The molecule has 1 unspecified atom stereocenters. The molecule has 1 atom stereocenters. The molecule has 0 saturated heterocycles. The van der Waals surface area contributed by atoms with Gasteiger partial charge in [-0.3, -0.25) is 9.59 Å². The maximum atomic E-state index is 13.2. The molecule has 10 heteroatoms. The van der Waals surface area contributed by atoms with Crippen molar-refractivity contribution < 1.29 is 9.59 Å². The van der Waals surface area contributed by atoms with Crippen LogP contribution in [0.2, 0.25) is 0 Å². The zero-order valence-corrected chi connectivity index (χ0v) is 20.1. The molecule has 9 nitrogen and oxygen atoms in total. The molecule has 0 fully saturated rings. The van der Waals surface area contributed by atoms with E-state index in [-0.39, 0.29) is 18.4 Å². The average molecular weight is 488 g/mol. The number of hydrogen-bond acceptors (Lipinski definition) is 7. The Morgan fingerprint density at radius 1 is 1.11 bits per heavy atom. The van der Waals surface area contributed by atoms with E-state index in [9.17, 15) is 9.59 Å². The summed E-state index contributed by atoms with van der Waals surface area (Å²) in [5.41, 5.74) is 9.91. The monoisotopic (exact) mass is 487 g/mol. The second-order valence-electron chi connectivity index (χ2n) is 7.96. The maximum Gasteiger partial charge on any atom is 0.268 e. The van der Waals surface area contributed by atoms with Crippen LogP contribution in [0.4, 0.5) is 5.69 Å². The topological polar surface area (TPSA) is 150 Å². The number of nitrogens with one attached hydrogen (secondary N) is 4. The number of nitrogens with zero attached hydrogens (tertiary/aromatic N) is 2. The molecule has 178 valence electrons. The minimum atomic E-state index is -0.440. The fourth-order valence-electron chi connectivity index (χ4n) is 4.02. The summed E-state index contributed by atoms with van der Waals surface area (Å²) in [6, 6.07) is 14.4. The van der Waals surface area contributed by atoms with E-state index in [1.165, 1.54) is 24.5 Å². The number of aryl methyl sites for hydroxylation is 1. The number of aromatic nitrogens is 2. The molecule has 4 aromatic rings. The zero-order valence-electron chi connectivity index (χ0n) is 19.3. The van der Waals surface area contributed by atoms with Crippen molar-refractivity contribution in [3.8, 4) is 0 Å². The number of carbonyl (C=O) groups is 2. The smallest absolute Gasteiger partial charge is 0.268 e. The van der Waals surface area contributed by atoms with Crippen molar-refractivity contribution in [1.82, 2.24) is 20.2 Å². The standard InChI is InChI=1S/C25H25N7O2S/c1-14(33)30-20(15-7-4-3-5-8-15)25-31-23-22(35-25)18(12-27)21(32(23)2)24(34)29-13-16-9-6-10-19(28)17(16)11-26/h3-12,20,26-27H,13,28H2,1-2H3,(H,29,34)(H,30,33). The number of rotatable bonds is 8. The minimum Gasteiger partial charge on any atom is -0.398 e. The van der Waals surface area contributed by atoms with Crippen LogP contribution in [-0.2, 0) is 18.4 Å². The van der Waals surface area contributed by atoms with Crippen LogP contribution in [0.25, 0.3) is 10.3 Å². The van der Waals surface area contributed by atoms with Crippen LogP contribution in [0.5, 0.6) is 0 Å². The van der Waals surface area contributed by atoms with E-state index in [2.05, 4.69) is 10.6 Å². The zero-order chi connectivity index (χ0) is 25.1. The van der Waals surface area contributed by atoms with Crippen molar-refractivity contribution in [3.63, 3.8) is 0 Å². The first-order valence-electron chi connectivity index (χ1n) is 10.8. The second-order valence-corrected chi connectivity index (χ2v) is 8.99. The van der Waals surface area contributed by atoms with Crippen LogP contribution in [0.15, 0.2) is 48.5 Å². The summed E-state index contributed by atoms with van der Waals surface area (Å²) in [6.45, 7) is 1.64. The van der Waals surface area contributed by atoms with Gasteiger partial charge in [-0.15, -0.1) is 11.3 Å². The highest BCUT2D eigenvalue weighted by atomic mass is 32.1. The number of nitrogens with two attached hydrogens (primary N) is 1. The van der Waals surface area contributed by atoms with Gasteiger partial charge in [0.15, 0.2) is 5.65 Å². The molecule has 4 rings (SSSR count). The molecule has 2 amide bonds. The lowest BCUT2D eigenvalue weighted by atomic mass is 10.1. The fourth-order valence-corrected chi connectivity index (χ4v) is 5.21. The van der Waals surface area contributed by atoms with Gasteiger partial charge in [0, 0.05) is 49.8 Å². The van der Waals surface area contributed by atoms with Gasteiger partial charge in [0.05, 0.1) is 4.70 Å². The number of fused-ring (bicyclic) bond motifs is 1. The molecule has 0 aliphatic rings. The number of benzene rings is 2. The summed E-state index contributed by atoms with van der Waals surface area (Å²) in [5, 5.41) is 22.1. The van der Waals surface area contributed by atoms with E-state index in [1.807, 2.05) is 30.3 Å². The van der Waals surface area contributed by atoms with Crippen molar-refractivity contribution >= 4 is 51.6 Å². The maximum absolute atomic E-state index is 13.2. The summed E-state index contributed by atoms with van der Waals surface area (Å²) < 4.78 is 2.36. The molecule has 2 aromatic heterocycles. The number of anilines is 1. The Morgan fingerprint density at radius 3 is 2.49 bits per heavy atom. The van der Waals surface area contributed by atoms with Crippen molar-refractivity contribution in [2.45, 2.75) is 19.5 Å². The Balaban J connectivity index is 1.69. The first kappa shape index (κ1) is 23.8. The predicted molar refractivity (Wildman–Crippen MR) is 138 cm³/mol. The van der Waals surface area contributed by atoms with Crippen LogP contribution < -0.4 is 16.4 Å². The molecule has 35 heavy (non-hydrogen) atoms. The van der Waals surface area contributed by atoms with Crippen molar-refractivity contribution in [2.75, 3.05) is 5.73 Å². The van der Waals surface area contributed by atoms with Gasteiger partial charge in [-0.1, -0.05) is 42.5 Å². The molecular formula is C25H25N7O2S. The van der Waals surface area contributed by atoms with Gasteiger partial charge in [0.2, 0.25) is 5.91 Å². The SMILES string of the molecule is CC(=O)NC(c1ccccc1)c1nc2c(s1)c(C=N)c(C(=O)NCc1cccc(N)c1C=N)n2C. The number of hydrogen-bond donors (Lipinski definition) is 5. The minimum absolute atomic E-state index is 0.183. The Hall–Kier alpha value is -4.31. The highest BCUT2D eigenvalue weighted by molar-refractivity contribution is 7.19. The van der Waals surface area contributed by atoms with E-state index in [4.69, 9.17) is 21.5 Å². The predicted octanol–water partition coefficient (Wildman–Crippen LogP) is 3.37.